The molecule has 0 aliphatic carbocycles. The summed E-state index contributed by atoms with van der Waals surface area (Å²) in [5, 5.41) is 2.40. The molecule has 9 heteroatoms. The van der Waals surface area contributed by atoms with Crippen molar-refractivity contribution in [2.75, 3.05) is 49.2 Å². The molecule has 7 nitrogen and oxygen atoms in total. The van der Waals surface area contributed by atoms with Crippen molar-refractivity contribution in [3.63, 3.8) is 0 Å². The number of carbonyl (C=O) groups excluding carboxylic acids is 1. The summed E-state index contributed by atoms with van der Waals surface area (Å²) in [5.41, 5.74) is 0. The lowest BCUT2D eigenvalue weighted by Gasteiger charge is -2.34. The van der Waals surface area contributed by atoms with Crippen molar-refractivity contribution in [2.24, 2.45) is 0 Å². The summed E-state index contributed by atoms with van der Waals surface area (Å²) >= 11 is 0. The number of amides is 1. The molecule has 2 fully saturated rings. The Morgan fingerprint density at radius 2 is 1.92 bits per heavy atom. The van der Waals surface area contributed by atoms with Crippen molar-refractivity contribution in [1.82, 2.24) is 15.3 Å². The van der Waals surface area contributed by atoms with Gasteiger partial charge in [0.1, 0.15) is 18.0 Å². The first-order valence-corrected chi connectivity index (χ1v) is 8.11. The highest BCUT2D eigenvalue weighted by Crippen LogP contribution is 2.22. The van der Waals surface area contributed by atoms with E-state index in [-0.39, 0.29) is 6.04 Å². The van der Waals surface area contributed by atoms with Gasteiger partial charge in [-0.25, -0.2) is 9.97 Å². The molecule has 0 unspecified atom stereocenters. The minimum Gasteiger partial charge on any atom is -0.378 e. The predicted octanol–water partition coefficient (Wildman–Crippen LogP) is 0.663. The molecular weight excluding hydrogens is 320 g/mol. The molecule has 3 rings (SSSR count). The number of piperidine rings is 1. The third-order valence-corrected chi connectivity index (χ3v) is 4.26. The topological polar surface area (TPSA) is 70.6 Å². The van der Waals surface area contributed by atoms with Gasteiger partial charge in [-0.15, -0.1) is 0 Å². The molecule has 2 saturated heterocycles. The summed E-state index contributed by atoms with van der Waals surface area (Å²) in [6.07, 6.45) is 0.0375. The second kappa shape index (κ2) is 7.69. The number of anilines is 2. The lowest BCUT2D eigenvalue weighted by Crippen LogP contribution is -2.49. The van der Waals surface area contributed by atoms with Crippen LogP contribution < -0.4 is 15.1 Å². The number of alkyl halides is 2. The van der Waals surface area contributed by atoms with Crippen LogP contribution in [0, 0.1) is 0 Å². The van der Waals surface area contributed by atoms with E-state index < -0.39 is 12.3 Å². The first-order chi connectivity index (χ1) is 11.6. The van der Waals surface area contributed by atoms with Gasteiger partial charge < -0.3 is 19.9 Å². The molecule has 0 spiro atoms. The Morgan fingerprint density at radius 3 is 2.62 bits per heavy atom. The molecule has 1 atom stereocenters. The van der Waals surface area contributed by atoms with Gasteiger partial charge in [0.25, 0.3) is 5.91 Å². The van der Waals surface area contributed by atoms with Gasteiger partial charge in [0.2, 0.25) is 0 Å². The van der Waals surface area contributed by atoms with Crippen LogP contribution in [0.15, 0.2) is 12.4 Å². The number of ether oxygens (including phenoxy) is 1. The highest BCUT2D eigenvalue weighted by Gasteiger charge is 2.26. The second-order valence-electron chi connectivity index (χ2n) is 5.93. The molecule has 0 radical (unpaired) electrons. The van der Waals surface area contributed by atoms with E-state index in [0.717, 1.165) is 37.7 Å². The Bertz CT molecular complexity index is 569. The number of nitrogens with one attached hydrogen (secondary N) is 1. The fourth-order valence-electron chi connectivity index (χ4n) is 3.04. The van der Waals surface area contributed by atoms with Gasteiger partial charge in [0.15, 0.2) is 0 Å². The Labute approximate surface area is 139 Å². The summed E-state index contributed by atoms with van der Waals surface area (Å²) in [7, 11) is 0. The van der Waals surface area contributed by atoms with Gasteiger partial charge >= 0.3 is 6.43 Å². The molecule has 24 heavy (non-hydrogen) atoms. The van der Waals surface area contributed by atoms with Crippen molar-refractivity contribution >= 4 is 17.5 Å². The number of hydrogen-bond donors (Lipinski definition) is 1. The number of nitrogens with zero attached hydrogens (tertiary/aromatic N) is 4. The normalized spacial score (nSPS) is 21.9. The van der Waals surface area contributed by atoms with E-state index in [1.54, 1.807) is 0 Å². The maximum Gasteiger partial charge on any atom is 0.315 e. The minimum atomic E-state index is -2.98. The van der Waals surface area contributed by atoms with E-state index in [1.165, 1.54) is 6.33 Å². The largest absolute Gasteiger partial charge is 0.378 e. The van der Waals surface area contributed by atoms with Crippen LogP contribution in [-0.4, -0.2) is 67.7 Å². The second-order valence-corrected chi connectivity index (χ2v) is 5.93. The van der Waals surface area contributed by atoms with E-state index in [9.17, 15) is 13.6 Å². The van der Waals surface area contributed by atoms with Crippen LogP contribution in [-0.2, 0) is 9.53 Å². The molecule has 1 aromatic heterocycles. The molecule has 0 aromatic carbocycles. The van der Waals surface area contributed by atoms with Gasteiger partial charge in [0.05, 0.1) is 13.2 Å². The first kappa shape index (κ1) is 16.8. The number of carbonyl (C=O) groups is 1. The zero-order valence-electron chi connectivity index (χ0n) is 13.3. The summed E-state index contributed by atoms with van der Waals surface area (Å²) in [5.74, 6) is 0.378. The minimum absolute atomic E-state index is 0.290. The van der Waals surface area contributed by atoms with Crippen LogP contribution in [0.25, 0.3) is 0 Å². The molecule has 0 bridgehead atoms. The van der Waals surface area contributed by atoms with Gasteiger partial charge in [-0.2, -0.15) is 8.78 Å². The zero-order valence-corrected chi connectivity index (χ0v) is 13.3. The Balaban J connectivity index is 1.66. The van der Waals surface area contributed by atoms with Crippen molar-refractivity contribution < 1.29 is 18.3 Å². The monoisotopic (exact) mass is 341 g/mol. The quantitative estimate of drug-likeness (QED) is 0.868. The average Bonchev–Trinajstić information content (AvgIpc) is 2.63. The Hall–Kier alpha value is -2.03. The molecule has 1 amide bonds. The molecule has 1 N–H and O–H groups in total. The van der Waals surface area contributed by atoms with E-state index in [4.69, 9.17) is 4.74 Å². The van der Waals surface area contributed by atoms with Crippen LogP contribution in [0.3, 0.4) is 0 Å². The number of halogens is 2. The standard InChI is InChI=1S/C15H21F2N5O2/c16-14(17)15(23)20-11-2-1-3-22(9-11)13-8-12(18-10-19-13)21-4-6-24-7-5-21/h8,10-11,14H,1-7,9H2,(H,20,23)/t11-/m0/s1. The van der Waals surface area contributed by atoms with Crippen LogP contribution in [0.1, 0.15) is 12.8 Å². The lowest BCUT2D eigenvalue weighted by molar-refractivity contribution is -0.132. The van der Waals surface area contributed by atoms with Crippen LogP contribution in [0.4, 0.5) is 20.4 Å². The maximum atomic E-state index is 12.4. The average molecular weight is 341 g/mol. The molecular formula is C15H21F2N5O2. The molecule has 132 valence electrons. The maximum absolute atomic E-state index is 12.4. The van der Waals surface area contributed by atoms with Crippen molar-refractivity contribution in [2.45, 2.75) is 25.3 Å². The van der Waals surface area contributed by atoms with E-state index in [1.807, 2.05) is 11.0 Å². The number of aromatic nitrogens is 2. The summed E-state index contributed by atoms with van der Waals surface area (Å²) in [6.45, 7) is 4.15. The fourth-order valence-corrected chi connectivity index (χ4v) is 3.04. The fraction of sp³-hybridized carbons (Fsp3) is 0.667. The zero-order chi connectivity index (χ0) is 16.9. The summed E-state index contributed by atoms with van der Waals surface area (Å²) in [6, 6.07) is 1.62. The van der Waals surface area contributed by atoms with Gasteiger partial charge in [0, 0.05) is 38.3 Å². The highest BCUT2D eigenvalue weighted by molar-refractivity contribution is 5.79. The highest BCUT2D eigenvalue weighted by atomic mass is 19.3. The number of rotatable bonds is 4. The Kier molecular flexibility index (Phi) is 5.39. The summed E-state index contributed by atoms with van der Waals surface area (Å²) < 4.78 is 30.1. The van der Waals surface area contributed by atoms with Crippen molar-refractivity contribution in [3.05, 3.63) is 12.4 Å². The number of hydrogen-bond acceptors (Lipinski definition) is 6. The van der Waals surface area contributed by atoms with Gasteiger partial charge in [-0.1, -0.05) is 0 Å². The van der Waals surface area contributed by atoms with E-state index in [0.29, 0.717) is 26.2 Å². The number of morpholine rings is 1. The van der Waals surface area contributed by atoms with Gasteiger partial charge in [-0.05, 0) is 12.8 Å². The smallest absolute Gasteiger partial charge is 0.315 e. The van der Waals surface area contributed by atoms with Crippen molar-refractivity contribution in [3.8, 4) is 0 Å². The molecule has 3 heterocycles. The van der Waals surface area contributed by atoms with Crippen LogP contribution in [0.2, 0.25) is 0 Å². The lowest BCUT2D eigenvalue weighted by atomic mass is 10.1. The Morgan fingerprint density at radius 1 is 1.21 bits per heavy atom. The summed E-state index contributed by atoms with van der Waals surface area (Å²) in [4.78, 5) is 23.9. The predicted molar refractivity (Wildman–Crippen MR) is 84.4 cm³/mol. The first-order valence-electron chi connectivity index (χ1n) is 8.11. The van der Waals surface area contributed by atoms with E-state index in [2.05, 4.69) is 20.2 Å². The molecule has 0 saturated carbocycles. The van der Waals surface area contributed by atoms with Crippen LogP contribution >= 0.6 is 0 Å². The molecule has 1 aromatic rings. The third-order valence-electron chi connectivity index (χ3n) is 4.26. The molecule has 2 aliphatic rings. The third kappa shape index (κ3) is 4.08. The van der Waals surface area contributed by atoms with Crippen LogP contribution in [0.5, 0.6) is 0 Å². The van der Waals surface area contributed by atoms with Gasteiger partial charge in [-0.3, -0.25) is 4.79 Å². The SMILES string of the molecule is O=C(N[C@H]1CCCN(c2cc(N3CCOCC3)ncn2)C1)C(F)F. The van der Waals surface area contributed by atoms with E-state index >= 15 is 0 Å². The molecule has 2 aliphatic heterocycles. The van der Waals surface area contributed by atoms with Crippen molar-refractivity contribution in [1.29, 1.82) is 0 Å².